The lowest BCUT2D eigenvalue weighted by Crippen LogP contribution is -2.74. The molecule has 2 aliphatic heterocycles. The Labute approximate surface area is 161 Å². The van der Waals surface area contributed by atoms with Gasteiger partial charge in [-0.05, 0) is 33.3 Å². The van der Waals surface area contributed by atoms with E-state index in [4.69, 9.17) is 9.47 Å². The van der Waals surface area contributed by atoms with Crippen molar-refractivity contribution >= 4 is 5.91 Å². The fraction of sp³-hybridized carbons (Fsp3) is 0.667. The molecule has 2 heterocycles. The number of aliphatic hydroxyl groups excluding tert-OH is 1. The van der Waals surface area contributed by atoms with Crippen LogP contribution in [0.15, 0.2) is 30.3 Å². The normalized spacial score (nSPS) is 32.5. The van der Waals surface area contributed by atoms with Gasteiger partial charge >= 0.3 is 0 Å². The van der Waals surface area contributed by atoms with Gasteiger partial charge in [-0.1, -0.05) is 30.3 Å². The van der Waals surface area contributed by atoms with Crippen LogP contribution in [0.1, 0.15) is 40.2 Å². The number of fused-ring (bicyclic) bond motifs is 1. The second kappa shape index (κ2) is 7.51. The number of hydrogen-bond donors (Lipinski definition) is 2. The number of carbonyl (C=O) groups is 1. The van der Waals surface area contributed by atoms with Crippen molar-refractivity contribution < 1.29 is 19.4 Å². The lowest BCUT2D eigenvalue weighted by atomic mass is 9.82. The minimum atomic E-state index is -0.516. The van der Waals surface area contributed by atoms with Gasteiger partial charge in [-0.15, -0.1) is 0 Å². The number of likely N-dealkylation sites (tertiary alicyclic amines) is 1. The molecule has 1 aromatic rings. The number of carbonyl (C=O) groups excluding carboxylic acids is 1. The van der Waals surface area contributed by atoms with E-state index in [9.17, 15) is 9.90 Å². The highest BCUT2D eigenvalue weighted by Crippen LogP contribution is 2.41. The van der Waals surface area contributed by atoms with Gasteiger partial charge in [-0.25, -0.2) is 0 Å². The van der Waals surface area contributed by atoms with Crippen LogP contribution in [0, 0.1) is 0 Å². The zero-order chi connectivity index (χ0) is 19.8. The smallest absolute Gasteiger partial charge is 0.217 e. The molecule has 0 spiro atoms. The Morgan fingerprint density at radius 3 is 2.30 bits per heavy atom. The van der Waals surface area contributed by atoms with Gasteiger partial charge in [0.05, 0.1) is 29.9 Å². The van der Waals surface area contributed by atoms with Crippen molar-refractivity contribution in [3.63, 3.8) is 0 Å². The Kier molecular flexibility index (Phi) is 5.64. The third-order valence-electron chi connectivity index (χ3n) is 6.12. The molecule has 0 bridgehead atoms. The molecule has 4 unspecified atom stereocenters. The molecule has 6 nitrogen and oxygen atoms in total. The van der Waals surface area contributed by atoms with Crippen LogP contribution in [0.25, 0.3) is 0 Å². The van der Waals surface area contributed by atoms with Crippen LogP contribution in [-0.2, 0) is 20.8 Å². The molecule has 0 aliphatic carbocycles. The van der Waals surface area contributed by atoms with Crippen molar-refractivity contribution in [3.05, 3.63) is 35.9 Å². The predicted octanol–water partition coefficient (Wildman–Crippen LogP) is 1.71. The van der Waals surface area contributed by atoms with Gasteiger partial charge in [0.25, 0.3) is 0 Å². The minimum Gasteiger partial charge on any atom is -0.395 e. The molecule has 1 aromatic carbocycles. The number of nitrogens with one attached hydrogen (secondary N) is 1. The average molecular weight is 376 g/mol. The zero-order valence-electron chi connectivity index (χ0n) is 16.9. The Bertz CT molecular complexity index is 661. The summed E-state index contributed by atoms with van der Waals surface area (Å²) in [6.07, 6.45) is -0.631. The summed E-state index contributed by atoms with van der Waals surface area (Å²) in [5.74, 6) is -0.0906. The van der Waals surface area contributed by atoms with Crippen molar-refractivity contribution in [2.24, 2.45) is 0 Å². The first-order valence-electron chi connectivity index (χ1n) is 9.66. The molecular weight excluding hydrogens is 344 g/mol. The molecule has 27 heavy (non-hydrogen) atoms. The number of amides is 1. The first kappa shape index (κ1) is 20.3. The van der Waals surface area contributed by atoms with E-state index in [2.05, 4.69) is 22.3 Å². The molecule has 0 saturated carbocycles. The van der Waals surface area contributed by atoms with E-state index < -0.39 is 11.2 Å². The summed E-state index contributed by atoms with van der Waals surface area (Å²) < 4.78 is 13.0. The van der Waals surface area contributed by atoms with Crippen LogP contribution in [0.3, 0.4) is 0 Å². The van der Waals surface area contributed by atoms with Gasteiger partial charge < -0.3 is 19.9 Å². The number of aliphatic hydroxyl groups is 1. The van der Waals surface area contributed by atoms with Crippen LogP contribution in [0.5, 0.6) is 0 Å². The molecule has 0 radical (unpaired) electrons. The van der Waals surface area contributed by atoms with E-state index in [0.29, 0.717) is 13.1 Å². The monoisotopic (exact) mass is 376 g/mol. The van der Waals surface area contributed by atoms with Crippen LogP contribution in [0.4, 0.5) is 0 Å². The summed E-state index contributed by atoms with van der Waals surface area (Å²) >= 11 is 0. The SMILES string of the molecule is CC(=O)NC1CN(Cc2ccccc2)C(CO)C2OC(C)(C)C(C)(C)OC12. The average Bonchev–Trinajstić information content (AvgIpc) is 2.57. The predicted molar refractivity (Wildman–Crippen MR) is 103 cm³/mol. The molecule has 2 saturated heterocycles. The first-order valence-corrected chi connectivity index (χ1v) is 9.66. The zero-order valence-corrected chi connectivity index (χ0v) is 16.9. The summed E-state index contributed by atoms with van der Waals surface area (Å²) in [4.78, 5) is 14.0. The van der Waals surface area contributed by atoms with Crippen molar-refractivity contribution in [3.8, 4) is 0 Å². The summed E-state index contributed by atoms with van der Waals surface area (Å²) in [7, 11) is 0. The van der Waals surface area contributed by atoms with Crippen LogP contribution in [-0.4, -0.2) is 64.6 Å². The minimum absolute atomic E-state index is 0.0271. The lowest BCUT2D eigenvalue weighted by molar-refractivity contribution is -0.322. The highest BCUT2D eigenvalue weighted by molar-refractivity contribution is 5.73. The molecule has 0 aromatic heterocycles. The Balaban J connectivity index is 1.91. The van der Waals surface area contributed by atoms with E-state index in [-0.39, 0.29) is 36.8 Å². The largest absolute Gasteiger partial charge is 0.395 e. The molecule has 6 heteroatoms. The number of ether oxygens (including phenoxy) is 2. The van der Waals surface area contributed by atoms with Crippen molar-refractivity contribution in [2.75, 3.05) is 13.2 Å². The highest BCUT2D eigenvalue weighted by atomic mass is 16.6. The number of piperidine rings is 1. The number of rotatable bonds is 4. The van der Waals surface area contributed by atoms with Gasteiger partial charge in [0.2, 0.25) is 5.91 Å². The van der Waals surface area contributed by atoms with E-state index in [0.717, 1.165) is 5.56 Å². The van der Waals surface area contributed by atoms with Crippen LogP contribution >= 0.6 is 0 Å². The Morgan fingerprint density at radius 2 is 1.74 bits per heavy atom. The maximum atomic E-state index is 11.8. The highest BCUT2D eigenvalue weighted by Gasteiger charge is 2.56. The molecular formula is C21H32N2O4. The summed E-state index contributed by atoms with van der Waals surface area (Å²) in [6.45, 7) is 10.8. The molecule has 2 fully saturated rings. The maximum absolute atomic E-state index is 11.8. The third-order valence-corrected chi connectivity index (χ3v) is 6.12. The van der Waals surface area contributed by atoms with E-state index in [1.54, 1.807) is 0 Å². The first-order chi connectivity index (χ1) is 12.6. The van der Waals surface area contributed by atoms with Crippen molar-refractivity contribution in [1.82, 2.24) is 10.2 Å². The Hall–Kier alpha value is -1.47. The fourth-order valence-corrected chi connectivity index (χ4v) is 4.01. The van der Waals surface area contributed by atoms with E-state index in [1.807, 2.05) is 45.9 Å². The summed E-state index contributed by atoms with van der Waals surface area (Å²) in [5.41, 5.74) is 0.136. The molecule has 1 amide bonds. The van der Waals surface area contributed by atoms with Gasteiger partial charge in [-0.3, -0.25) is 9.69 Å². The number of benzene rings is 1. The molecule has 2 N–H and O–H groups in total. The maximum Gasteiger partial charge on any atom is 0.217 e. The van der Waals surface area contributed by atoms with Crippen molar-refractivity contribution in [1.29, 1.82) is 0 Å². The summed E-state index contributed by atoms with van der Waals surface area (Å²) in [5, 5.41) is 13.2. The van der Waals surface area contributed by atoms with Gasteiger partial charge in [0.15, 0.2) is 0 Å². The summed E-state index contributed by atoms with van der Waals surface area (Å²) in [6, 6.07) is 9.74. The number of hydrogen-bond acceptors (Lipinski definition) is 5. The Morgan fingerprint density at radius 1 is 1.15 bits per heavy atom. The van der Waals surface area contributed by atoms with Gasteiger partial charge in [0, 0.05) is 20.0 Å². The fourth-order valence-electron chi connectivity index (χ4n) is 4.01. The van der Waals surface area contributed by atoms with E-state index >= 15 is 0 Å². The third kappa shape index (κ3) is 4.04. The van der Waals surface area contributed by atoms with Crippen LogP contribution in [0.2, 0.25) is 0 Å². The second-order valence-corrected chi connectivity index (χ2v) is 8.66. The molecule has 4 atom stereocenters. The van der Waals surface area contributed by atoms with Crippen molar-refractivity contribution in [2.45, 2.75) is 76.7 Å². The number of nitrogens with zero attached hydrogens (tertiary/aromatic N) is 1. The quantitative estimate of drug-likeness (QED) is 0.837. The molecule has 150 valence electrons. The van der Waals surface area contributed by atoms with Gasteiger partial charge in [0.1, 0.15) is 12.2 Å². The van der Waals surface area contributed by atoms with Gasteiger partial charge in [-0.2, -0.15) is 0 Å². The van der Waals surface area contributed by atoms with Crippen LogP contribution < -0.4 is 5.32 Å². The molecule has 2 aliphatic rings. The lowest BCUT2D eigenvalue weighted by Gasteiger charge is -2.58. The topological polar surface area (TPSA) is 71.0 Å². The standard InChI is InChI=1S/C21H32N2O4/c1-14(25)22-16-12-23(11-15-9-7-6-8-10-15)17(13-24)19-18(16)26-20(2,3)21(4,5)27-19/h6-10,16-19,24H,11-13H2,1-5H3,(H,22,25). The second-order valence-electron chi connectivity index (χ2n) is 8.66. The molecule has 3 rings (SSSR count). The van der Waals surface area contributed by atoms with E-state index in [1.165, 1.54) is 6.92 Å².